The van der Waals surface area contributed by atoms with Crippen molar-refractivity contribution in [3.05, 3.63) is 34.9 Å². The maximum Gasteiger partial charge on any atom is 0.0874 e. The molecule has 0 bridgehead atoms. The summed E-state index contributed by atoms with van der Waals surface area (Å²) in [5.41, 5.74) is 2.14. The highest BCUT2D eigenvalue weighted by molar-refractivity contribution is 9.10. The van der Waals surface area contributed by atoms with Gasteiger partial charge >= 0.3 is 0 Å². The summed E-state index contributed by atoms with van der Waals surface area (Å²) in [6.07, 6.45) is 4.85. The van der Waals surface area contributed by atoms with Crippen LogP contribution in [0.3, 0.4) is 0 Å². The molecule has 1 unspecified atom stereocenters. The van der Waals surface area contributed by atoms with Crippen LogP contribution in [0.25, 0.3) is 10.9 Å². The van der Waals surface area contributed by atoms with E-state index in [-0.39, 0.29) is 6.10 Å². The topological polar surface area (TPSA) is 37.4 Å². The molecule has 1 aliphatic heterocycles. The highest BCUT2D eigenvalue weighted by Crippen LogP contribution is 2.29. The molecule has 1 aromatic carbocycles. The molecule has 2 heterocycles. The Labute approximate surface area is 139 Å². The second-order valence-electron chi connectivity index (χ2n) is 6.12. The summed E-state index contributed by atoms with van der Waals surface area (Å²) >= 11 is 3.54. The van der Waals surface area contributed by atoms with Gasteiger partial charge in [-0.05, 0) is 37.1 Å². The Morgan fingerprint density at radius 3 is 3.09 bits per heavy atom. The number of fused-ring (bicyclic) bond motifs is 1. The molecule has 1 atom stereocenters. The Morgan fingerprint density at radius 2 is 2.23 bits per heavy atom. The number of hydrogen-bond donors (Lipinski definition) is 1. The third kappa shape index (κ3) is 3.12. The molecular formula is C17H20BrN3O. The summed E-state index contributed by atoms with van der Waals surface area (Å²) in [4.78, 5) is 7.00. The fourth-order valence-electron chi connectivity index (χ4n) is 3.13. The zero-order valence-corrected chi connectivity index (χ0v) is 14.1. The number of rotatable bonds is 4. The van der Waals surface area contributed by atoms with Crippen molar-refractivity contribution in [3.63, 3.8) is 0 Å². The Morgan fingerprint density at radius 1 is 1.32 bits per heavy atom. The average molecular weight is 362 g/mol. The van der Waals surface area contributed by atoms with Crippen LogP contribution in [0.15, 0.2) is 34.9 Å². The van der Waals surface area contributed by atoms with E-state index in [1.54, 1.807) is 0 Å². The van der Waals surface area contributed by atoms with Gasteiger partial charge < -0.3 is 10.1 Å². The van der Waals surface area contributed by atoms with E-state index < -0.39 is 0 Å². The Balaban J connectivity index is 1.46. The zero-order chi connectivity index (χ0) is 14.9. The van der Waals surface area contributed by atoms with E-state index in [2.05, 4.69) is 37.2 Å². The van der Waals surface area contributed by atoms with Crippen molar-refractivity contribution in [2.75, 3.05) is 31.6 Å². The number of ether oxygens (including phenoxy) is 1. The van der Waals surface area contributed by atoms with Crippen molar-refractivity contribution in [2.24, 2.45) is 0 Å². The number of nitrogens with one attached hydrogen (secondary N) is 1. The van der Waals surface area contributed by atoms with E-state index in [1.807, 2.05) is 24.4 Å². The third-order valence-electron chi connectivity index (χ3n) is 4.46. The first-order chi connectivity index (χ1) is 10.8. The zero-order valence-electron chi connectivity index (χ0n) is 12.5. The van der Waals surface area contributed by atoms with Gasteiger partial charge in [-0.25, -0.2) is 0 Å². The quantitative estimate of drug-likeness (QED) is 0.906. The van der Waals surface area contributed by atoms with Crippen LogP contribution in [-0.2, 0) is 4.74 Å². The van der Waals surface area contributed by atoms with Gasteiger partial charge in [-0.1, -0.05) is 15.9 Å². The largest absolute Gasteiger partial charge is 0.382 e. The van der Waals surface area contributed by atoms with Crippen molar-refractivity contribution >= 4 is 32.5 Å². The molecule has 2 aromatic rings. The van der Waals surface area contributed by atoms with Crippen molar-refractivity contribution in [1.82, 2.24) is 9.88 Å². The van der Waals surface area contributed by atoms with Crippen molar-refractivity contribution < 1.29 is 4.74 Å². The van der Waals surface area contributed by atoms with Gasteiger partial charge in [0, 0.05) is 47.4 Å². The predicted octanol–water partition coefficient (Wildman–Crippen LogP) is 3.27. The molecule has 1 aliphatic carbocycles. The van der Waals surface area contributed by atoms with E-state index in [9.17, 15) is 0 Å². The summed E-state index contributed by atoms with van der Waals surface area (Å²) < 4.78 is 6.99. The summed E-state index contributed by atoms with van der Waals surface area (Å²) in [6, 6.07) is 9.04. The van der Waals surface area contributed by atoms with E-state index in [0.29, 0.717) is 0 Å². The van der Waals surface area contributed by atoms with Gasteiger partial charge in [0.05, 0.1) is 18.2 Å². The highest BCUT2D eigenvalue weighted by atomic mass is 79.9. The summed E-state index contributed by atoms with van der Waals surface area (Å²) in [7, 11) is 0. The normalized spacial score (nSPS) is 22.9. The fourth-order valence-corrected chi connectivity index (χ4v) is 3.49. The van der Waals surface area contributed by atoms with Crippen LogP contribution in [0.2, 0.25) is 0 Å². The summed E-state index contributed by atoms with van der Waals surface area (Å²) in [5.74, 6) is 0. The first kappa shape index (κ1) is 14.4. The van der Waals surface area contributed by atoms with Gasteiger partial charge in [-0.15, -0.1) is 0 Å². The number of halogens is 1. The van der Waals surface area contributed by atoms with Gasteiger partial charge in [0.15, 0.2) is 0 Å². The van der Waals surface area contributed by atoms with Crippen LogP contribution >= 0.6 is 15.9 Å². The number of aromatic nitrogens is 1. The van der Waals surface area contributed by atoms with Crippen LogP contribution in [0.4, 0.5) is 5.69 Å². The number of anilines is 1. The Hall–Kier alpha value is -1.17. The molecule has 4 nitrogen and oxygen atoms in total. The number of hydrogen-bond acceptors (Lipinski definition) is 4. The molecule has 5 heteroatoms. The molecule has 0 radical (unpaired) electrons. The molecule has 0 amide bonds. The highest BCUT2D eigenvalue weighted by Gasteiger charge is 2.32. The molecule has 1 saturated carbocycles. The first-order valence-electron chi connectivity index (χ1n) is 7.93. The fraction of sp³-hybridized carbons (Fsp3) is 0.471. The van der Waals surface area contributed by atoms with Crippen molar-refractivity contribution in [2.45, 2.75) is 25.0 Å². The van der Waals surface area contributed by atoms with Crippen molar-refractivity contribution in [1.29, 1.82) is 0 Å². The van der Waals surface area contributed by atoms with Crippen LogP contribution in [0, 0.1) is 0 Å². The summed E-state index contributed by atoms with van der Waals surface area (Å²) in [5, 5.41) is 4.70. The van der Waals surface area contributed by atoms with E-state index >= 15 is 0 Å². The van der Waals surface area contributed by atoms with Crippen molar-refractivity contribution in [3.8, 4) is 0 Å². The Bertz CT molecular complexity index is 674. The smallest absolute Gasteiger partial charge is 0.0874 e. The lowest BCUT2D eigenvalue weighted by Gasteiger charge is -2.33. The molecule has 4 rings (SSSR count). The lowest BCUT2D eigenvalue weighted by Crippen LogP contribution is -2.46. The molecule has 22 heavy (non-hydrogen) atoms. The monoisotopic (exact) mass is 361 g/mol. The van der Waals surface area contributed by atoms with Gasteiger partial charge in [-0.3, -0.25) is 9.88 Å². The molecule has 2 aliphatic rings. The number of morpholine rings is 1. The first-order valence-corrected chi connectivity index (χ1v) is 8.73. The third-order valence-corrected chi connectivity index (χ3v) is 4.95. The minimum absolute atomic E-state index is 0.268. The molecule has 116 valence electrons. The average Bonchev–Trinajstić information content (AvgIpc) is 3.38. The van der Waals surface area contributed by atoms with E-state index in [0.717, 1.165) is 53.3 Å². The minimum Gasteiger partial charge on any atom is -0.382 e. The number of nitrogens with zero attached hydrogens (tertiary/aromatic N) is 2. The second-order valence-corrected chi connectivity index (χ2v) is 7.04. The number of benzene rings is 1. The van der Waals surface area contributed by atoms with Crippen LogP contribution in [-0.4, -0.2) is 48.3 Å². The van der Waals surface area contributed by atoms with Gasteiger partial charge in [-0.2, -0.15) is 0 Å². The second kappa shape index (κ2) is 6.14. The number of pyridine rings is 1. The molecule has 0 spiro atoms. The summed E-state index contributed by atoms with van der Waals surface area (Å²) in [6.45, 7) is 3.83. The van der Waals surface area contributed by atoms with E-state index in [1.165, 1.54) is 12.8 Å². The molecule has 2 fully saturated rings. The van der Waals surface area contributed by atoms with Gasteiger partial charge in [0.2, 0.25) is 0 Å². The Kier molecular flexibility index (Phi) is 4.03. The van der Waals surface area contributed by atoms with Crippen LogP contribution in [0.5, 0.6) is 0 Å². The SMILES string of the molecule is Brc1ccc2nccc(NCC3CN(C4CC4)CCO3)c2c1. The molecule has 1 aromatic heterocycles. The standard InChI is InChI=1S/C17H20BrN3O/c18-12-1-4-16-15(9-12)17(5-6-19-16)20-10-14-11-21(7-8-22-14)13-2-3-13/h1,4-6,9,13-14H,2-3,7-8,10-11H2,(H,19,20). The van der Waals surface area contributed by atoms with Gasteiger partial charge in [0.25, 0.3) is 0 Å². The maximum absolute atomic E-state index is 5.91. The van der Waals surface area contributed by atoms with Crippen LogP contribution < -0.4 is 5.32 Å². The molecule has 1 N–H and O–H groups in total. The molecule has 1 saturated heterocycles. The van der Waals surface area contributed by atoms with Crippen LogP contribution in [0.1, 0.15) is 12.8 Å². The maximum atomic E-state index is 5.91. The predicted molar refractivity (Wildman–Crippen MR) is 92.3 cm³/mol. The van der Waals surface area contributed by atoms with Gasteiger partial charge in [0.1, 0.15) is 0 Å². The lowest BCUT2D eigenvalue weighted by atomic mass is 10.2. The molecular weight excluding hydrogens is 342 g/mol. The lowest BCUT2D eigenvalue weighted by molar-refractivity contribution is -0.0241. The van der Waals surface area contributed by atoms with E-state index in [4.69, 9.17) is 4.74 Å². The minimum atomic E-state index is 0.268.